The minimum atomic E-state index is -0.950. The van der Waals surface area contributed by atoms with Crippen molar-refractivity contribution in [3.05, 3.63) is 77.9 Å². The second-order valence-corrected chi connectivity index (χ2v) is 6.40. The number of benzene rings is 3. The molecule has 0 aromatic heterocycles. The zero-order chi connectivity index (χ0) is 15.6. The lowest BCUT2D eigenvalue weighted by Gasteiger charge is -2.32. The van der Waals surface area contributed by atoms with E-state index in [4.69, 9.17) is 4.65 Å². The van der Waals surface area contributed by atoms with Crippen molar-refractivity contribution in [3.63, 3.8) is 0 Å². The highest BCUT2D eigenvalue weighted by molar-refractivity contribution is 6.62. The van der Waals surface area contributed by atoms with Crippen molar-refractivity contribution >= 4 is 12.6 Å². The van der Waals surface area contributed by atoms with Crippen LogP contribution in [-0.2, 0) is 10.3 Å². The Kier molecular flexibility index (Phi) is 2.48. The van der Waals surface area contributed by atoms with E-state index in [0.29, 0.717) is 0 Å². The molecule has 3 heteroatoms. The third kappa shape index (κ3) is 1.61. The van der Waals surface area contributed by atoms with Gasteiger partial charge in [-0.05, 0) is 51.8 Å². The van der Waals surface area contributed by atoms with E-state index in [9.17, 15) is 5.02 Å². The van der Waals surface area contributed by atoms with Crippen molar-refractivity contribution in [2.45, 2.75) is 12.5 Å². The Morgan fingerprint density at radius 3 is 2.39 bits per heavy atom. The highest BCUT2D eigenvalue weighted by Crippen LogP contribution is 2.51. The van der Waals surface area contributed by atoms with Crippen LogP contribution in [0.4, 0.5) is 0 Å². The molecule has 1 unspecified atom stereocenters. The largest absolute Gasteiger partial charge is 0.492 e. The Bertz CT molecular complexity index is 950. The molecule has 1 atom stereocenters. The number of hydrogen-bond donors (Lipinski definition) is 1. The van der Waals surface area contributed by atoms with Gasteiger partial charge in [-0.1, -0.05) is 60.7 Å². The Balaban J connectivity index is 1.88. The zero-order valence-corrected chi connectivity index (χ0v) is 12.8. The minimum Gasteiger partial charge on any atom is -0.423 e. The fourth-order valence-electron chi connectivity index (χ4n) is 4.01. The summed E-state index contributed by atoms with van der Waals surface area (Å²) in [4.78, 5) is 0. The Morgan fingerprint density at radius 2 is 1.52 bits per heavy atom. The summed E-state index contributed by atoms with van der Waals surface area (Å²) >= 11 is 0. The van der Waals surface area contributed by atoms with Crippen LogP contribution in [0.2, 0.25) is 0 Å². The van der Waals surface area contributed by atoms with E-state index in [1.54, 1.807) is 0 Å². The van der Waals surface area contributed by atoms with Gasteiger partial charge in [0.2, 0.25) is 0 Å². The maximum atomic E-state index is 10.7. The van der Waals surface area contributed by atoms with Crippen LogP contribution in [0.15, 0.2) is 66.7 Å². The van der Waals surface area contributed by atoms with Crippen LogP contribution in [-0.4, -0.2) is 12.1 Å². The normalized spacial score (nSPS) is 20.5. The van der Waals surface area contributed by atoms with Crippen LogP contribution in [0.3, 0.4) is 0 Å². The van der Waals surface area contributed by atoms with Crippen molar-refractivity contribution in [1.82, 2.24) is 0 Å². The highest BCUT2D eigenvalue weighted by atomic mass is 16.5. The molecule has 23 heavy (non-hydrogen) atoms. The summed E-state index contributed by atoms with van der Waals surface area (Å²) < 4.78 is 6.23. The van der Waals surface area contributed by atoms with Gasteiger partial charge in [-0.2, -0.15) is 0 Å². The smallest absolute Gasteiger partial charge is 0.423 e. The van der Waals surface area contributed by atoms with E-state index >= 15 is 0 Å². The first-order valence-corrected chi connectivity index (χ1v) is 7.88. The second-order valence-electron chi connectivity index (χ2n) is 6.40. The molecule has 0 spiro atoms. The molecule has 3 aromatic rings. The fourth-order valence-corrected chi connectivity index (χ4v) is 4.01. The van der Waals surface area contributed by atoms with Crippen molar-refractivity contribution in [2.24, 2.45) is 0 Å². The van der Waals surface area contributed by atoms with Crippen molar-refractivity contribution in [2.75, 3.05) is 0 Å². The molecule has 1 heterocycles. The van der Waals surface area contributed by atoms with Crippen LogP contribution in [0.25, 0.3) is 22.3 Å². The molecule has 110 valence electrons. The topological polar surface area (TPSA) is 29.5 Å². The van der Waals surface area contributed by atoms with Crippen LogP contribution in [0, 0.1) is 0 Å². The van der Waals surface area contributed by atoms with Gasteiger partial charge in [0, 0.05) is 0 Å². The number of rotatable bonds is 0. The van der Waals surface area contributed by atoms with Crippen LogP contribution in [0.5, 0.6) is 0 Å². The lowest BCUT2D eigenvalue weighted by Crippen LogP contribution is -2.43. The lowest BCUT2D eigenvalue weighted by atomic mass is 9.71. The third-order valence-electron chi connectivity index (χ3n) is 5.15. The predicted molar refractivity (Wildman–Crippen MR) is 92.5 cm³/mol. The lowest BCUT2D eigenvalue weighted by molar-refractivity contribution is 0.112. The monoisotopic (exact) mass is 298 g/mol. The summed E-state index contributed by atoms with van der Waals surface area (Å²) in [7, 11) is -0.950. The SMILES string of the molecule is CC12OB(O)c3ccccc3-c3ccc(c1c3)-c1ccccc12. The van der Waals surface area contributed by atoms with Crippen LogP contribution < -0.4 is 5.46 Å². The first kappa shape index (κ1) is 13.1. The van der Waals surface area contributed by atoms with E-state index in [1.807, 2.05) is 36.4 Å². The van der Waals surface area contributed by atoms with Crippen molar-refractivity contribution < 1.29 is 9.68 Å². The molecule has 0 saturated carbocycles. The second kappa shape index (κ2) is 4.35. The van der Waals surface area contributed by atoms with Gasteiger partial charge >= 0.3 is 7.12 Å². The van der Waals surface area contributed by atoms with Gasteiger partial charge in [0.15, 0.2) is 0 Å². The molecule has 0 saturated heterocycles. The Hall–Kier alpha value is -2.36. The van der Waals surface area contributed by atoms with Crippen molar-refractivity contribution in [3.8, 4) is 22.3 Å². The molecular weight excluding hydrogens is 283 g/mol. The van der Waals surface area contributed by atoms with Gasteiger partial charge in [-0.3, -0.25) is 0 Å². The quantitative estimate of drug-likeness (QED) is 0.645. The average Bonchev–Trinajstić information content (AvgIpc) is 2.83. The molecule has 0 amide bonds. The molecule has 1 aliphatic carbocycles. The zero-order valence-electron chi connectivity index (χ0n) is 12.8. The van der Waals surface area contributed by atoms with Gasteiger partial charge in [-0.25, -0.2) is 0 Å². The maximum absolute atomic E-state index is 10.7. The van der Waals surface area contributed by atoms with E-state index in [-0.39, 0.29) is 0 Å². The maximum Gasteiger partial charge on any atom is 0.492 e. The van der Waals surface area contributed by atoms with Crippen LogP contribution in [0.1, 0.15) is 18.1 Å². The molecule has 2 bridgehead atoms. The Morgan fingerprint density at radius 1 is 0.826 bits per heavy atom. The van der Waals surface area contributed by atoms with Crippen LogP contribution >= 0.6 is 0 Å². The molecule has 1 N–H and O–H groups in total. The van der Waals surface area contributed by atoms with E-state index in [1.165, 1.54) is 11.1 Å². The highest BCUT2D eigenvalue weighted by Gasteiger charge is 2.44. The van der Waals surface area contributed by atoms with Gasteiger partial charge in [0.25, 0.3) is 0 Å². The molecule has 0 fully saturated rings. The fraction of sp³-hybridized carbons (Fsp3) is 0.100. The Labute approximate surface area is 135 Å². The predicted octanol–water partition coefficient (Wildman–Crippen LogP) is 3.32. The summed E-state index contributed by atoms with van der Waals surface area (Å²) in [5.41, 5.74) is 6.97. The van der Waals surface area contributed by atoms with Crippen molar-refractivity contribution in [1.29, 1.82) is 0 Å². The van der Waals surface area contributed by atoms with Gasteiger partial charge in [0.05, 0.1) is 0 Å². The summed E-state index contributed by atoms with van der Waals surface area (Å²) in [5.74, 6) is 0. The standard InChI is InChI=1S/C20H15BO2/c1-20-17-8-4-2-7-15(17)16-11-10-13(12-18(16)20)14-6-3-5-9-19(14)21(22)23-20/h2-12,22H,1H3. The summed E-state index contributed by atoms with van der Waals surface area (Å²) in [6.07, 6.45) is 0. The molecule has 3 aromatic carbocycles. The molecule has 2 aliphatic rings. The molecular formula is C20H15BO2. The van der Waals surface area contributed by atoms with Gasteiger partial charge < -0.3 is 9.68 Å². The molecule has 5 rings (SSSR count). The summed E-state index contributed by atoms with van der Waals surface area (Å²) in [6, 6.07) is 22.7. The first-order chi connectivity index (χ1) is 11.2. The first-order valence-electron chi connectivity index (χ1n) is 7.88. The van der Waals surface area contributed by atoms with E-state index < -0.39 is 12.7 Å². The minimum absolute atomic E-state index is 0.630. The van der Waals surface area contributed by atoms with Gasteiger partial charge in [0.1, 0.15) is 5.60 Å². The summed E-state index contributed by atoms with van der Waals surface area (Å²) in [5, 5.41) is 10.7. The molecule has 1 aliphatic heterocycles. The number of hydrogen-bond acceptors (Lipinski definition) is 2. The summed E-state index contributed by atoms with van der Waals surface area (Å²) in [6.45, 7) is 2.05. The van der Waals surface area contributed by atoms with E-state index in [0.717, 1.165) is 27.7 Å². The molecule has 2 nitrogen and oxygen atoms in total. The average molecular weight is 298 g/mol. The third-order valence-corrected chi connectivity index (χ3v) is 5.15. The molecule has 0 radical (unpaired) electrons. The number of fused-ring (bicyclic) bond motifs is 6. The van der Waals surface area contributed by atoms with E-state index in [2.05, 4.69) is 37.3 Å². The van der Waals surface area contributed by atoms with Gasteiger partial charge in [-0.15, -0.1) is 0 Å².